The maximum atomic E-state index is 13.2. The molecule has 122 valence electrons. The van der Waals surface area contributed by atoms with E-state index in [0.717, 1.165) is 42.4 Å². The first-order valence-corrected chi connectivity index (χ1v) is 8.74. The van der Waals surface area contributed by atoms with Crippen molar-refractivity contribution in [1.29, 1.82) is 0 Å². The molecule has 1 aliphatic heterocycles. The Bertz CT molecular complexity index is 906. The molecule has 0 saturated carbocycles. The van der Waals surface area contributed by atoms with E-state index in [0.29, 0.717) is 17.1 Å². The molecule has 0 spiro atoms. The molecule has 1 fully saturated rings. The van der Waals surface area contributed by atoms with E-state index in [1.54, 1.807) is 0 Å². The molecule has 4 nitrogen and oxygen atoms in total. The van der Waals surface area contributed by atoms with E-state index in [4.69, 9.17) is 4.98 Å². The predicted octanol–water partition coefficient (Wildman–Crippen LogP) is 4.19. The van der Waals surface area contributed by atoms with Crippen LogP contribution in [0.4, 0.5) is 0 Å². The lowest BCUT2D eigenvalue weighted by atomic mass is 9.98. The molecule has 3 aromatic rings. The molecule has 24 heavy (non-hydrogen) atoms. The van der Waals surface area contributed by atoms with Crippen LogP contribution in [0.25, 0.3) is 22.1 Å². The summed E-state index contributed by atoms with van der Waals surface area (Å²) in [4.78, 5) is 24.6. The lowest BCUT2D eigenvalue weighted by Crippen LogP contribution is -2.43. The van der Waals surface area contributed by atoms with Crippen LogP contribution in [-0.2, 0) is 0 Å². The lowest BCUT2D eigenvalue weighted by Gasteiger charge is -2.35. The number of carbonyl (C=O) groups excluding carboxylic acids is 1. The zero-order valence-electron chi connectivity index (χ0n) is 13.9. The molecule has 1 atom stereocenters. The fourth-order valence-corrected chi connectivity index (χ4v) is 3.66. The maximum absolute atomic E-state index is 13.2. The van der Waals surface area contributed by atoms with Crippen molar-refractivity contribution in [2.45, 2.75) is 38.6 Å². The molecule has 0 N–H and O–H groups in total. The van der Waals surface area contributed by atoms with Crippen molar-refractivity contribution in [3.8, 4) is 0 Å². The van der Waals surface area contributed by atoms with Crippen LogP contribution >= 0.6 is 0 Å². The van der Waals surface area contributed by atoms with Crippen molar-refractivity contribution in [1.82, 2.24) is 14.9 Å². The van der Waals surface area contributed by atoms with E-state index >= 15 is 0 Å². The van der Waals surface area contributed by atoms with Gasteiger partial charge in [-0.05, 0) is 49.9 Å². The number of para-hydroxylation sites is 3. The summed E-state index contributed by atoms with van der Waals surface area (Å²) in [6.45, 7) is 3.00. The quantitative estimate of drug-likeness (QED) is 0.665. The summed E-state index contributed by atoms with van der Waals surface area (Å²) in [5, 5.41) is 0. The van der Waals surface area contributed by atoms with E-state index in [9.17, 15) is 4.79 Å². The van der Waals surface area contributed by atoms with Crippen LogP contribution in [0.15, 0.2) is 42.5 Å². The monoisotopic (exact) mass is 319 g/mol. The van der Waals surface area contributed by atoms with Gasteiger partial charge in [0.05, 0.1) is 22.1 Å². The number of nitrogens with zero attached hydrogens (tertiary/aromatic N) is 3. The second-order valence-corrected chi connectivity index (χ2v) is 6.44. The molecule has 0 radical (unpaired) electrons. The second-order valence-electron chi connectivity index (χ2n) is 6.44. The third kappa shape index (κ3) is 2.52. The van der Waals surface area contributed by atoms with Crippen molar-refractivity contribution < 1.29 is 4.79 Å². The van der Waals surface area contributed by atoms with Gasteiger partial charge in [0.1, 0.15) is 5.52 Å². The normalized spacial score (nSPS) is 18.2. The average Bonchev–Trinajstić information content (AvgIpc) is 2.65. The van der Waals surface area contributed by atoms with Gasteiger partial charge in [0.2, 0.25) is 0 Å². The summed E-state index contributed by atoms with van der Waals surface area (Å²) in [5.41, 5.74) is 3.85. The predicted molar refractivity (Wildman–Crippen MR) is 96.0 cm³/mol. The summed E-state index contributed by atoms with van der Waals surface area (Å²) in [5.74, 6) is 0.0942. The van der Waals surface area contributed by atoms with Gasteiger partial charge < -0.3 is 4.90 Å². The molecular weight excluding hydrogens is 298 g/mol. The zero-order valence-corrected chi connectivity index (χ0v) is 13.9. The number of aromatic nitrogens is 2. The first kappa shape index (κ1) is 15.1. The first-order valence-electron chi connectivity index (χ1n) is 8.74. The Labute approximate surface area is 141 Å². The fourth-order valence-electron chi connectivity index (χ4n) is 3.66. The Morgan fingerprint density at radius 3 is 2.58 bits per heavy atom. The van der Waals surface area contributed by atoms with E-state index < -0.39 is 0 Å². The van der Waals surface area contributed by atoms with Crippen LogP contribution in [0.1, 0.15) is 43.0 Å². The minimum absolute atomic E-state index is 0.0942. The maximum Gasteiger partial charge on any atom is 0.256 e. The minimum Gasteiger partial charge on any atom is -0.336 e. The van der Waals surface area contributed by atoms with E-state index in [2.05, 4.69) is 11.9 Å². The molecule has 4 rings (SSSR count). The number of fused-ring (bicyclic) bond motifs is 2. The third-order valence-electron chi connectivity index (χ3n) is 4.96. The topological polar surface area (TPSA) is 46.1 Å². The number of rotatable bonds is 2. The van der Waals surface area contributed by atoms with Crippen LogP contribution in [0.3, 0.4) is 0 Å². The SMILES string of the molecule is CCC1CCCCN1C(=O)c1cccc2nc3ccccc3nc12. The van der Waals surface area contributed by atoms with Crippen LogP contribution in [0.2, 0.25) is 0 Å². The smallest absolute Gasteiger partial charge is 0.256 e. The van der Waals surface area contributed by atoms with Crippen LogP contribution in [0.5, 0.6) is 0 Å². The second kappa shape index (κ2) is 6.19. The Morgan fingerprint density at radius 2 is 1.79 bits per heavy atom. The molecule has 2 aromatic carbocycles. The number of hydrogen-bond acceptors (Lipinski definition) is 3. The Hall–Kier alpha value is -2.49. The summed E-state index contributed by atoms with van der Waals surface area (Å²) in [6, 6.07) is 13.9. The lowest BCUT2D eigenvalue weighted by molar-refractivity contribution is 0.0610. The van der Waals surface area contributed by atoms with Gasteiger partial charge in [0.15, 0.2) is 0 Å². The van der Waals surface area contributed by atoms with Crippen LogP contribution in [0, 0.1) is 0 Å². The van der Waals surface area contributed by atoms with Gasteiger partial charge in [-0.1, -0.05) is 25.1 Å². The van der Waals surface area contributed by atoms with Crippen molar-refractivity contribution in [3.63, 3.8) is 0 Å². The minimum atomic E-state index is 0.0942. The number of piperidine rings is 1. The van der Waals surface area contributed by atoms with E-state index in [-0.39, 0.29) is 5.91 Å². The van der Waals surface area contributed by atoms with Gasteiger partial charge in [-0.25, -0.2) is 9.97 Å². The summed E-state index contributed by atoms with van der Waals surface area (Å²) in [6.07, 6.45) is 4.40. The molecule has 4 heteroatoms. The highest BCUT2D eigenvalue weighted by atomic mass is 16.2. The number of benzene rings is 2. The zero-order chi connectivity index (χ0) is 16.5. The molecule has 2 heterocycles. The Balaban J connectivity index is 1.83. The fraction of sp³-hybridized carbons (Fsp3) is 0.350. The molecule has 1 amide bonds. The number of carbonyl (C=O) groups is 1. The highest BCUT2D eigenvalue weighted by Gasteiger charge is 2.27. The Morgan fingerprint density at radius 1 is 1.04 bits per heavy atom. The molecule has 1 aromatic heterocycles. The summed E-state index contributed by atoms with van der Waals surface area (Å²) in [7, 11) is 0. The first-order chi connectivity index (χ1) is 11.8. The van der Waals surface area contributed by atoms with Crippen molar-refractivity contribution >= 4 is 28.0 Å². The number of amides is 1. The highest BCUT2D eigenvalue weighted by molar-refractivity contribution is 6.06. The van der Waals surface area contributed by atoms with E-state index in [1.165, 1.54) is 6.42 Å². The molecule has 1 saturated heterocycles. The standard InChI is InChI=1S/C20H21N3O/c1-2-14-8-5-6-13-23(14)20(24)15-9-7-12-18-19(15)22-17-11-4-3-10-16(17)21-18/h3-4,7,9-12,14H,2,5-6,8,13H2,1H3. The van der Waals surface area contributed by atoms with Crippen molar-refractivity contribution in [2.75, 3.05) is 6.54 Å². The van der Waals surface area contributed by atoms with Gasteiger partial charge in [0.25, 0.3) is 5.91 Å². The van der Waals surface area contributed by atoms with Crippen molar-refractivity contribution in [3.05, 3.63) is 48.0 Å². The summed E-state index contributed by atoms with van der Waals surface area (Å²) >= 11 is 0. The number of hydrogen-bond donors (Lipinski definition) is 0. The molecular formula is C20H21N3O. The van der Waals surface area contributed by atoms with Gasteiger partial charge in [-0.2, -0.15) is 0 Å². The summed E-state index contributed by atoms with van der Waals surface area (Å²) < 4.78 is 0. The van der Waals surface area contributed by atoms with Gasteiger partial charge >= 0.3 is 0 Å². The van der Waals surface area contributed by atoms with Gasteiger partial charge in [-0.3, -0.25) is 4.79 Å². The Kier molecular flexibility index (Phi) is 3.89. The van der Waals surface area contributed by atoms with Crippen molar-refractivity contribution in [2.24, 2.45) is 0 Å². The number of likely N-dealkylation sites (tertiary alicyclic amines) is 1. The molecule has 1 unspecified atom stereocenters. The van der Waals surface area contributed by atoms with Gasteiger partial charge in [-0.15, -0.1) is 0 Å². The average molecular weight is 319 g/mol. The van der Waals surface area contributed by atoms with Crippen LogP contribution < -0.4 is 0 Å². The molecule has 1 aliphatic rings. The highest BCUT2D eigenvalue weighted by Crippen LogP contribution is 2.25. The largest absolute Gasteiger partial charge is 0.336 e. The molecule has 0 bridgehead atoms. The van der Waals surface area contributed by atoms with E-state index in [1.807, 2.05) is 47.4 Å². The van der Waals surface area contributed by atoms with Gasteiger partial charge in [0, 0.05) is 12.6 Å². The van der Waals surface area contributed by atoms with Crippen LogP contribution in [-0.4, -0.2) is 33.4 Å². The third-order valence-corrected chi connectivity index (χ3v) is 4.96. The molecule has 0 aliphatic carbocycles.